The third kappa shape index (κ3) is 3.99. The van der Waals surface area contributed by atoms with Crippen LogP contribution in [0.2, 0.25) is 5.02 Å². The van der Waals surface area contributed by atoms with Crippen molar-refractivity contribution in [3.8, 4) is 5.88 Å². The Morgan fingerprint density at radius 3 is 3.05 bits per heavy atom. The number of nitrogens with zero attached hydrogens (tertiary/aromatic N) is 2. The second kappa shape index (κ2) is 7.28. The molecule has 0 spiro atoms. The summed E-state index contributed by atoms with van der Waals surface area (Å²) < 4.78 is 10.0. The third-order valence-electron chi connectivity index (χ3n) is 3.13. The highest BCUT2D eigenvalue weighted by Gasteiger charge is 2.28. The zero-order valence-electron chi connectivity index (χ0n) is 11.9. The van der Waals surface area contributed by atoms with Gasteiger partial charge in [-0.3, -0.25) is 0 Å². The summed E-state index contributed by atoms with van der Waals surface area (Å²) in [5, 5.41) is 12.0. The lowest BCUT2D eigenvalue weighted by Crippen LogP contribution is -2.51. The van der Waals surface area contributed by atoms with Crippen molar-refractivity contribution in [3.63, 3.8) is 0 Å². The molecule has 22 heavy (non-hydrogen) atoms. The maximum Gasteiger partial charge on any atom is 0.334 e. The number of hydrogen-bond acceptors (Lipinski definition) is 5. The van der Waals surface area contributed by atoms with E-state index in [1.807, 2.05) is 0 Å². The number of urea groups is 1. The number of pyridine rings is 1. The molecule has 8 nitrogen and oxygen atoms in total. The summed E-state index contributed by atoms with van der Waals surface area (Å²) in [6.45, 7) is 0.783. The minimum absolute atomic E-state index is 0.0167. The first kappa shape index (κ1) is 16.3. The van der Waals surface area contributed by atoms with Gasteiger partial charge in [-0.15, -0.1) is 0 Å². The average Bonchev–Trinajstić information content (AvgIpc) is 2.52. The number of methoxy groups -OCH3 is 1. The molecule has 1 aromatic rings. The second-order valence-electron chi connectivity index (χ2n) is 4.64. The second-order valence-corrected chi connectivity index (χ2v) is 5.04. The number of aromatic nitrogens is 1. The first-order chi connectivity index (χ1) is 10.5. The highest BCUT2D eigenvalue weighted by molar-refractivity contribution is 6.31. The Bertz CT molecular complexity index is 569. The van der Waals surface area contributed by atoms with E-state index in [0.29, 0.717) is 23.0 Å². The third-order valence-corrected chi connectivity index (χ3v) is 3.40. The predicted molar refractivity (Wildman–Crippen MR) is 77.0 cm³/mol. The molecule has 1 atom stereocenters. The van der Waals surface area contributed by atoms with Crippen LogP contribution >= 0.6 is 11.6 Å². The lowest BCUT2D eigenvalue weighted by molar-refractivity contribution is -0.154. The molecule has 2 rings (SSSR count). The van der Waals surface area contributed by atoms with Crippen molar-refractivity contribution in [2.24, 2.45) is 0 Å². The van der Waals surface area contributed by atoms with Crippen molar-refractivity contribution in [1.82, 2.24) is 15.2 Å². The van der Waals surface area contributed by atoms with Gasteiger partial charge in [-0.05, 0) is 11.6 Å². The standard InChI is InChI=1S/C13H16ClN3O5/c1-21-11-9(14)4-8(5-15-11)6-16-13(20)17-2-3-22-10(7-17)12(18)19/h4-5,10H,2-3,6-7H2,1H3,(H,16,20)(H,18,19). The van der Waals surface area contributed by atoms with Crippen molar-refractivity contribution in [1.29, 1.82) is 0 Å². The van der Waals surface area contributed by atoms with Crippen LogP contribution in [0.15, 0.2) is 12.3 Å². The number of amides is 2. The molecule has 1 unspecified atom stereocenters. The quantitative estimate of drug-likeness (QED) is 0.845. The Morgan fingerprint density at radius 2 is 2.41 bits per heavy atom. The highest BCUT2D eigenvalue weighted by atomic mass is 35.5. The maximum atomic E-state index is 12.0. The normalized spacial score (nSPS) is 17.9. The number of nitrogens with one attached hydrogen (secondary N) is 1. The molecule has 1 aliphatic heterocycles. The van der Waals surface area contributed by atoms with E-state index in [1.165, 1.54) is 12.0 Å². The van der Waals surface area contributed by atoms with Crippen LogP contribution in [-0.4, -0.2) is 59.9 Å². The smallest absolute Gasteiger partial charge is 0.334 e. The lowest BCUT2D eigenvalue weighted by atomic mass is 10.2. The van der Waals surface area contributed by atoms with E-state index in [4.69, 9.17) is 26.2 Å². The molecule has 0 aromatic carbocycles. The predicted octanol–water partition coefficient (Wildman–Crippen LogP) is 0.739. The Labute approximate surface area is 132 Å². The van der Waals surface area contributed by atoms with Gasteiger partial charge in [0.1, 0.15) is 5.02 Å². The molecule has 0 bridgehead atoms. The van der Waals surface area contributed by atoms with Crippen LogP contribution in [0.1, 0.15) is 5.56 Å². The van der Waals surface area contributed by atoms with E-state index >= 15 is 0 Å². The van der Waals surface area contributed by atoms with Crippen LogP contribution in [0.5, 0.6) is 5.88 Å². The number of morpholine rings is 1. The van der Waals surface area contributed by atoms with Crippen molar-refractivity contribution in [3.05, 3.63) is 22.8 Å². The van der Waals surface area contributed by atoms with Gasteiger partial charge in [0.25, 0.3) is 0 Å². The van der Waals surface area contributed by atoms with Crippen LogP contribution in [0.3, 0.4) is 0 Å². The van der Waals surface area contributed by atoms with Gasteiger partial charge in [-0.25, -0.2) is 14.6 Å². The summed E-state index contributed by atoms with van der Waals surface area (Å²) in [5.74, 6) is -0.766. The van der Waals surface area contributed by atoms with Crippen LogP contribution in [-0.2, 0) is 16.1 Å². The van der Waals surface area contributed by atoms with Gasteiger partial charge in [-0.1, -0.05) is 11.6 Å². The minimum atomic E-state index is -1.08. The van der Waals surface area contributed by atoms with Gasteiger partial charge >= 0.3 is 12.0 Å². The van der Waals surface area contributed by atoms with Crippen LogP contribution in [0.25, 0.3) is 0 Å². The minimum Gasteiger partial charge on any atom is -0.480 e. The molecule has 9 heteroatoms. The van der Waals surface area contributed by atoms with Gasteiger partial charge < -0.3 is 24.8 Å². The van der Waals surface area contributed by atoms with Gasteiger partial charge in [0, 0.05) is 19.3 Å². The molecular formula is C13H16ClN3O5. The Balaban J connectivity index is 1.89. The molecule has 2 amide bonds. The first-order valence-electron chi connectivity index (χ1n) is 6.57. The zero-order valence-corrected chi connectivity index (χ0v) is 12.7. The van der Waals surface area contributed by atoms with Gasteiger partial charge in [0.15, 0.2) is 6.10 Å². The number of carbonyl (C=O) groups is 2. The Morgan fingerprint density at radius 1 is 1.64 bits per heavy atom. The molecule has 0 radical (unpaired) electrons. The summed E-state index contributed by atoms with van der Waals surface area (Å²) in [4.78, 5) is 28.3. The number of hydrogen-bond donors (Lipinski definition) is 2. The maximum absolute atomic E-state index is 12.0. The number of ether oxygens (including phenoxy) is 2. The molecule has 120 valence electrons. The highest BCUT2D eigenvalue weighted by Crippen LogP contribution is 2.21. The number of rotatable bonds is 4. The first-order valence-corrected chi connectivity index (χ1v) is 6.94. The fourth-order valence-electron chi connectivity index (χ4n) is 1.98. The molecule has 2 N–H and O–H groups in total. The summed E-state index contributed by atoms with van der Waals surface area (Å²) in [6, 6.07) is 1.29. The number of aliphatic carboxylic acids is 1. The van der Waals surface area contributed by atoms with Gasteiger partial charge in [0.2, 0.25) is 5.88 Å². The molecule has 2 heterocycles. The van der Waals surface area contributed by atoms with Crippen LogP contribution in [0.4, 0.5) is 4.79 Å². The van der Waals surface area contributed by atoms with E-state index < -0.39 is 12.1 Å². The molecule has 1 aliphatic rings. The Hall–Kier alpha value is -2.06. The Kier molecular flexibility index (Phi) is 5.40. The van der Waals surface area contributed by atoms with E-state index in [2.05, 4.69) is 10.3 Å². The number of carboxylic acids is 1. The van der Waals surface area contributed by atoms with E-state index in [-0.39, 0.29) is 25.7 Å². The summed E-state index contributed by atoms with van der Waals surface area (Å²) in [5.41, 5.74) is 0.710. The van der Waals surface area contributed by atoms with Crippen molar-refractivity contribution in [2.75, 3.05) is 26.8 Å². The summed E-state index contributed by atoms with van der Waals surface area (Å²) >= 11 is 5.96. The van der Waals surface area contributed by atoms with Crippen molar-refractivity contribution < 1.29 is 24.2 Å². The topological polar surface area (TPSA) is 101 Å². The zero-order chi connectivity index (χ0) is 16.1. The number of carbonyl (C=O) groups excluding carboxylic acids is 1. The monoisotopic (exact) mass is 329 g/mol. The van der Waals surface area contributed by atoms with Crippen molar-refractivity contribution in [2.45, 2.75) is 12.6 Å². The van der Waals surface area contributed by atoms with Crippen molar-refractivity contribution >= 4 is 23.6 Å². The fourth-order valence-corrected chi connectivity index (χ4v) is 2.25. The van der Waals surface area contributed by atoms with Gasteiger partial charge in [0.05, 0.1) is 20.3 Å². The molecule has 1 fully saturated rings. The molecule has 1 saturated heterocycles. The average molecular weight is 330 g/mol. The fraction of sp³-hybridized carbons (Fsp3) is 0.462. The summed E-state index contributed by atoms with van der Waals surface area (Å²) in [6.07, 6.45) is 0.557. The van der Waals surface area contributed by atoms with E-state index in [9.17, 15) is 9.59 Å². The molecule has 0 saturated carbocycles. The molecule has 0 aliphatic carbocycles. The molecular weight excluding hydrogens is 314 g/mol. The van der Waals surface area contributed by atoms with E-state index in [0.717, 1.165) is 0 Å². The number of halogens is 1. The molecule has 1 aromatic heterocycles. The lowest BCUT2D eigenvalue weighted by Gasteiger charge is -2.30. The van der Waals surface area contributed by atoms with Crippen LogP contribution < -0.4 is 10.1 Å². The van der Waals surface area contributed by atoms with Crippen LogP contribution in [0, 0.1) is 0 Å². The van der Waals surface area contributed by atoms with Gasteiger partial charge in [-0.2, -0.15) is 0 Å². The SMILES string of the molecule is COc1ncc(CNC(=O)N2CCOC(C(=O)O)C2)cc1Cl. The van der Waals surface area contributed by atoms with E-state index in [1.54, 1.807) is 12.3 Å². The number of carboxylic acid groups (broad SMARTS) is 1. The largest absolute Gasteiger partial charge is 0.480 e. The summed E-state index contributed by atoms with van der Waals surface area (Å²) in [7, 11) is 1.47.